The van der Waals surface area contributed by atoms with Crippen LogP contribution < -0.4 is 0 Å². The average Bonchev–Trinajstić information content (AvgIpc) is 3.13. The summed E-state index contributed by atoms with van der Waals surface area (Å²) in [5.41, 5.74) is -1.36. The Bertz CT molecular complexity index is 509. The van der Waals surface area contributed by atoms with Gasteiger partial charge in [-0.3, -0.25) is 4.79 Å². The van der Waals surface area contributed by atoms with Crippen molar-refractivity contribution in [1.29, 1.82) is 0 Å². The summed E-state index contributed by atoms with van der Waals surface area (Å²) >= 11 is 0. The van der Waals surface area contributed by atoms with E-state index in [0.29, 0.717) is 11.2 Å². The summed E-state index contributed by atoms with van der Waals surface area (Å²) < 4.78 is 40.4. The van der Waals surface area contributed by atoms with E-state index < -0.39 is 29.5 Å². The number of hydrogen-bond acceptors (Lipinski definition) is 2. The van der Waals surface area contributed by atoms with Gasteiger partial charge in [0.05, 0.1) is 0 Å². The van der Waals surface area contributed by atoms with Crippen LogP contribution in [0.3, 0.4) is 0 Å². The summed E-state index contributed by atoms with van der Waals surface area (Å²) in [4.78, 5) is 13.9. The molecule has 0 spiro atoms. The summed E-state index contributed by atoms with van der Waals surface area (Å²) in [6.45, 7) is 4.28. The highest BCUT2D eigenvalue weighted by Gasteiger charge is 2.38. The fourth-order valence-electron chi connectivity index (χ4n) is 2.19. The van der Waals surface area contributed by atoms with Crippen molar-refractivity contribution in [3.63, 3.8) is 0 Å². The van der Waals surface area contributed by atoms with Crippen LogP contribution in [0, 0.1) is 11.9 Å². The fraction of sp³-hybridized carbons (Fsp3) is 0.692. The number of amides is 1. The Kier molecular flexibility index (Phi) is 4.06. The molecule has 4 nitrogen and oxygen atoms in total. The van der Waals surface area contributed by atoms with Gasteiger partial charge in [0.15, 0.2) is 0 Å². The Hall–Kier alpha value is -1.53. The molecule has 0 saturated heterocycles. The Morgan fingerprint density at radius 2 is 2.05 bits per heavy atom. The SMILES string of the molecule is CC(C)CN(C(=O)c1c(C(F)F)nn(C)c1F)C1CC1. The highest BCUT2D eigenvalue weighted by atomic mass is 19.3. The first-order valence-corrected chi connectivity index (χ1v) is 6.64. The topological polar surface area (TPSA) is 38.1 Å². The summed E-state index contributed by atoms with van der Waals surface area (Å²) in [7, 11) is 1.21. The number of nitrogens with zero attached hydrogens (tertiary/aromatic N) is 3. The lowest BCUT2D eigenvalue weighted by Gasteiger charge is -2.24. The number of carbonyl (C=O) groups excluding carboxylic acids is 1. The zero-order valence-corrected chi connectivity index (χ0v) is 11.7. The van der Waals surface area contributed by atoms with Gasteiger partial charge in [-0.25, -0.2) is 13.5 Å². The first kappa shape index (κ1) is 14.9. The summed E-state index contributed by atoms with van der Waals surface area (Å²) in [5, 5.41) is 3.42. The summed E-state index contributed by atoms with van der Waals surface area (Å²) in [5.74, 6) is -1.49. The number of aryl methyl sites for hydroxylation is 1. The molecule has 0 atom stereocenters. The second-order valence-corrected chi connectivity index (χ2v) is 5.56. The van der Waals surface area contributed by atoms with Crippen LogP contribution in [0.25, 0.3) is 0 Å². The molecule has 0 bridgehead atoms. The summed E-state index contributed by atoms with van der Waals surface area (Å²) in [6.07, 6.45) is -1.29. The van der Waals surface area contributed by atoms with Crippen LogP contribution >= 0.6 is 0 Å². The molecule has 1 saturated carbocycles. The Labute approximate surface area is 115 Å². The number of aromatic nitrogens is 2. The molecule has 1 aromatic heterocycles. The molecule has 1 aliphatic carbocycles. The molecule has 1 aromatic rings. The van der Waals surface area contributed by atoms with Gasteiger partial charge in [0, 0.05) is 19.6 Å². The fourth-order valence-corrected chi connectivity index (χ4v) is 2.19. The molecular formula is C13H18F3N3O. The third-order valence-electron chi connectivity index (χ3n) is 3.24. The highest BCUT2D eigenvalue weighted by molar-refractivity contribution is 5.96. The molecule has 112 valence electrons. The molecule has 1 heterocycles. The number of rotatable bonds is 5. The van der Waals surface area contributed by atoms with E-state index in [1.54, 1.807) is 0 Å². The van der Waals surface area contributed by atoms with Crippen LogP contribution in [0.4, 0.5) is 13.2 Å². The van der Waals surface area contributed by atoms with E-state index in [4.69, 9.17) is 0 Å². The molecule has 1 fully saturated rings. The first-order valence-electron chi connectivity index (χ1n) is 6.64. The monoisotopic (exact) mass is 289 g/mol. The van der Waals surface area contributed by atoms with Gasteiger partial charge in [0.1, 0.15) is 11.3 Å². The maximum atomic E-state index is 13.9. The molecule has 0 unspecified atom stereocenters. The summed E-state index contributed by atoms with van der Waals surface area (Å²) in [6, 6.07) is 0.0371. The van der Waals surface area contributed by atoms with Crippen LogP contribution in [0.2, 0.25) is 0 Å². The van der Waals surface area contributed by atoms with E-state index in [2.05, 4.69) is 5.10 Å². The van der Waals surface area contributed by atoms with E-state index >= 15 is 0 Å². The third kappa shape index (κ3) is 2.81. The lowest BCUT2D eigenvalue weighted by atomic mass is 10.1. The zero-order valence-electron chi connectivity index (χ0n) is 11.7. The maximum Gasteiger partial charge on any atom is 0.283 e. The third-order valence-corrected chi connectivity index (χ3v) is 3.24. The molecule has 2 rings (SSSR count). The van der Waals surface area contributed by atoms with Crippen molar-refractivity contribution in [2.24, 2.45) is 13.0 Å². The highest BCUT2D eigenvalue weighted by Crippen LogP contribution is 2.32. The molecule has 0 aromatic carbocycles. The molecule has 0 radical (unpaired) electrons. The van der Waals surface area contributed by atoms with E-state index in [1.807, 2.05) is 13.8 Å². The van der Waals surface area contributed by atoms with Crippen molar-refractivity contribution in [1.82, 2.24) is 14.7 Å². The second-order valence-electron chi connectivity index (χ2n) is 5.56. The van der Waals surface area contributed by atoms with Crippen molar-refractivity contribution >= 4 is 5.91 Å². The maximum absolute atomic E-state index is 13.9. The largest absolute Gasteiger partial charge is 0.335 e. The van der Waals surface area contributed by atoms with E-state index in [9.17, 15) is 18.0 Å². The van der Waals surface area contributed by atoms with E-state index in [-0.39, 0.29) is 12.0 Å². The number of alkyl halides is 2. The van der Waals surface area contributed by atoms with Crippen LogP contribution in [-0.2, 0) is 7.05 Å². The van der Waals surface area contributed by atoms with Crippen molar-refractivity contribution in [3.8, 4) is 0 Å². The van der Waals surface area contributed by atoms with Gasteiger partial charge < -0.3 is 4.90 Å². The van der Waals surface area contributed by atoms with Crippen LogP contribution in [0.5, 0.6) is 0 Å². The minimum atomic E-state index is -2.97. The normalized spacial score (nSPS) is 15.2. The predicted molar refractivity (Wildman–Crippen MR) is 67.0 cm³/mol. The molecule has 1 amide bonds. The molecule has 1 aliphatic rings. The number of halogens is 3. The Balaban J connectivity index is 2.35. The van der Waals surface area contributed by atoms with Crippen LogP contribution in [-0.4, -0.2) is 33.2 Å². The molecule has 20 heavy (non-hydrogen) atoms. The number of carbonyl (C=O) groups is 1. The van der Waals surface area contributed by atoms with E-state index in [0.717, 1.165) is 12.8 Å². The van der Waals surface area contributed by atoms with Crippen LogP contribution in [0.1, 0.15) is 49.2 Å². The smallest absolute Gasteiger partial charge is 0.283 e. The molecular weight excluding hydrogens is 271 g/mol. The van der Waals surface area contributed by atoms with Gasteiger partial charge >= 0.3 is 0 Å². The van der Waals surface area contributed by atoms with Crippen molar-refractivity contribution in [2.45, 2.75) is 39.2 Å². The molecule has 0 aliphatic heterocycles. The van der Waals surface area contributed by atoms with Crippen LogP contribution in [0.15, 0.2) is 0 Å². The minimum absolute atomic E-state index is 0.0371. The number of hydrogen-bond donors (Lipinski definition) is 0. The lowest BCUT2D eigenvalue weighted by Crippen LogP contribution is -2.37. The first-order chi connectivity index (χ1) is 9.32. The Morgan fingerprint density at radius 3 is 2.50 bits per heavy atom. The van der Waals surface area contributed by atoms with Crippen molar-refractivity contribution in [2.75, 3.05) is 6.54 Å². The van der Waals surface area contributed by atoms with Gasteiger partial charge in [0.25, 0.3) is 12.3 Å². The van der Waals surface area contributed by atoms with E-state index in [1.165, 1.54) is 11.9 Å². The molecule has 7 heteroatoms. The quantitative estimate of drug-likeness (QED) is 0.836. The average molecular weight is 289 g/mol. The minimum Gasteiger partial charge on any atom is -0.335 e. The second kappa shape index (κ2) is 5.46. The standard InChI is InChI=1S/C13H18F3N3O/c1-7(2)6-19(8-4-5-8)13(20)9-10(11(14)15)17-18(3)12(9)16/h7-8,11H,4-6H2,1-3H3. The molecule has 0 N–H and O–H groups in total. The van der Waals surface area contributed by atoms with Crippen molar-refractivity contribution < 1.29 is 18.0 Å². The van der Waals surface area contributed by atoms with Gasteiger partial charge in [-0.1, -0.05) is 13.8 Å². The zero-order chi connectivity index (χ0) is 15.0. The predicted octanol–water partition coefficient (Wildman–Crippen LogP) is 2.76. The van der Waals surface area contributed by atoms with Gasteiger partial charge in [0.2, 0.25) is 5.95 Å². The van der Waals surface area contributed by atoms with Crippen molar-refractivity contribution in [3.05, 3.63) is 17.2 Å². The Morgan fingerprint density at radius 1 is 1.45 bits per heavy atom. The van der Waals surface area contributed by atoms with Gasteiger partial charge in [-0.15, -0.1) is 0 Å². The van der Waals surface area contributed by atoms with Gasteiger partial charge in [-0.2, -0.15) is 9.49 Å². The lowest BCUT2D eigenvalue weighted by molar-refractivity contribution is 0.0705. The van der Waals surface area contributed by atoms with Gasteiger partial charge in [-0.05, 0) is 18.8 Å².